The first-order chi connectivity index (χ1) is 11.8. The van der Waals surface area contributed by atoms with Gasteiger partial charge < -0.3 is 10.4 Å². The minimum absolute atomic E-state index is 0.00776. The molecule has 1 fully saturated rings. The number of hydrogen-bond donors (Lipinski definition) is 2. The summed E-state index contributed by atoms with van der Waals surface area (Å²) in [6.07, 6.45) is 3.11. The molecular weight excluding hydrogens is 344 g/mol. The largest absolute Gasteiger partial charge is 0.480 e. The van der Waals surface area contributed by atoms with E-state index in [1.807, 2.05) is 0 Å². The monoisotopic (exact) mass is 368 g/mol. The molecule has 1 aliphatic heterocycles. The summed E-state index contributed by atoms with van der Waals surface area (Å²) in [5.74, 6) is -1.47. The van der Waals surface area contributed by atoms with E-state index < -0.39 is 27.9 Å². The summed E-state index contributed by atoms with van der Waals surface area (Å²) >= 11 is 0. The highest BCUT2D eigenvalue weighted by Crippen LogP contribution is 2.21. The highest BCUT2D eigenvalue weighted by atomic mass is 32.2. The van der Waals surface area contributed by atoms with E-state index in [4.69, 9.17) is 5.11 Å². The Morgan fingerprint density at radius 1 is 1.16 bits per heavy atom. The second-order valence-electron chi connectivity index (χ2n) is 6.15. The molecule has 0 radical (unpaired) electrons. The molecule has 138 valence electrons. The fourth-order valence-electron chi connectivity index (χ4n) is 2.80. The van der Waals surface area contributed by atoms with Crippen LogP contribution >= 0.6 is 0 Å². The SMILES string of the molecule is CCC(NC(=O)Cc1ccc(S(=O)(=O)N2CCCCC2)cc1)C(=O)O. The van der Waals surface area contributed by atoms with Crippen LogP contribution in [0.3, 0.4) is 0 Å². The standard InChI is InChI=1S/C17H24N2O5S/c1-2-15(17(21)22)18-16(20)12-13-6-8-14(9-7-13)25(23,24)19-10-4-3-5-11-19/h6-9,15H,2-5,10-12H2,1H3,(H,18,20)(H,21,22). The number of benzene rings is 1. The quantitative estimate of drug-likeness (QED) is 0.757. The van der Waals surface area contributed by atoms with E-state index in [1.54, 1.807) is 19.1 Å². The summed E-state index contributed by atoms with van der Waals surface area (Å²) in [5.41, 5.74) is 0.635. The number of amides is 1. The predicted molar refractivity (Wildman–Crippen MR) is 92.6 cm³/mol. The third-order valence-electron chi connectivity index (χ3n) is 4.28. The molecule has 2 rings (SSSR count). The van der Waals surface area contributed by atoms with Gasteiger partial charge in [0.15, 0.2) is 0 Å². The van der Waals surface area contributed by atoms with Gasteiger partial charge in [-0.05, 0) is 37.0 Å². The van der Waals surface area contributed by atoms with E-state index in [-0.39, 0.29) is 11.3 Å². The fourth-order valence-corrected chi connectivity index (χ4v) is 4.32. The summed E-state index contributed by atoms with van der Waals surface area (Å²) in [6.45, 7) is 2.76. The highest BCUT2D eigenvalue weighted by Gasteiger charge is 2.25. The van der Waals surface area contributed by atoms with Gasteiger partial charge in [-0.15, -0.1) is 0 Å². The number of aliphatic carboxylic acids is 1. The second kappa shape index (κ2) is 8.44. The topological polar surface area (TPSA) is 104 Å². The maximum absolute atomic E-state index is 12.6. The number of piperidine rings is 1. The van der Waals surface area contributed by atoms with E-state index in [2.05, 4.69) is 5.32 Å². The lowest BCUT2D eigenvalue weighted by Crippen LogP contribution is -2.41. The van der Waals surface area contributed by atoms with Crippen molar-refractivity contribution in [2.75, 3.05) is 13.1 Å². The molecule has 0 saturated carbocycles. The molecule has 1 saturated heterocycles. The Morgan fingerprint density at radius 2 is 1.76 bits per heavy atom. The Hall–Kier alpha value is -1.93. The summed E-state index contributed by atoms with van der Waals surface area (Å²) in [7, 11) is -3.49. The Morgan fingerprint density at radius 3 is 2.28 bits per heavy atom. The number of hydrogen-bond acceptors (Lipinski definition) is 4. The molecular formula is C17H24N2O5S. The first kappa shape index (κ1) is 19.4. The zero-order chi connectivity index (χ0) is 18.4. The van der Waals surface area contributed by atoms with Crippen molar-refractivity contribution in [2.45, 2.75) is 50.0 Å². The Labute approximate surface area is 148 Å². The number of nitrogens with one attached hydrogen (secondary N) is 1. The molecule has 1 heterocycles. The Kier molecular flexibility index (Phi) is 6.55. The van der Waals surface area contributed by atoms with Crippen molar-refractivity contribution in [1.29, 1.82) is 0 Å². The first-order valence-electron chi connectivity index (χ1n) is 8.46. The van der Waals surface area contributed by atoms with Crippen LogP contribution in [0.25, 0.3) is 0 Å². The molecule has 0 aromatic heterocycles. The average molecular weight is 368 g/mol. The molecule has 25 heavy (non-hydrogen) atoms. The molecule has 2 N–H and O–H groups in total. The van der Waals surface area contributed by atoms with Gasteiger partial charge in [0.1, 0.15) is 6.04 Å². The molecule has 8 heteroatoms. The van der Waals surface area contributed by atoms with Gasteiger partial charge in [0, 0.05) is 13.1 Å². The van der Waals surface area contributed by atoms with Crippen LogP contribution in [0.5, 0.6) is 0 Å². The highest BCUT2D eigenvalue weighted by molar-refractivity contribution is 7.89. The van der Waals surface area contributed by atoms with Crippen molar-refractivity contribution in [1.82, 2.24) is 9.62 Å². The third kappa shape index (κ3) is 5.02. The summed E-state index contributed by atoms with van der Waals surface area (Å²) in [6, 6.07) is 5.28. The molecule has 1 aliphatic rings. The van der Waals surface area contributed by atoms with Gasteiger partial charge in [-0.1, -0.05) is 25.5 Å². The number of carboxylic acids is 1. The molecule has 1 aromatic rings. The first-order valence-corrected chi connectivity index (χ1v) is 9.90. The van der Waals surface area contributed by atoms with Gasteiger partial charge in [-0.2, -0.15) is 4.31 Å². The average Bonchev–Trinajstić information content (AvgIpc) is 2.60. The van der Waals surface area contributed by atoms with Gasteiger partial charge in [0.2, 0.25) is 15.9 Å². The maximum Gasteiger partial charge on any atom is 0.326 e. The molecule has 0 spiro atoms. The normalized spacial score (nSPS) is 17.0. The smallest absolute Gasteiger partial charge is 0.326 e. The third-order valence-corrected chi connectivity index (χ3v) is 6.20. The summed E-state index contributed by atoms with van der Waals surface area (Å²) in [4.78, 5) is 23.1. The van der Waals surface area contributed by atoms with Crippen molar-refractivity contribution in [3.05, 3.63) is 29.8 Å². The van der Waals surface area contributed by atoms with Crippen molar-refractivity contribution in [3.63, 3.8) is 0 Å². The number of carbonyl (C=O) groups excluding carboxylic acids is 1. The van der Waals surface area contributed by atoms with Crippen molar-refractivity contribution in [2.24, 2.45) is 0 Å². The summed E-state index contributed by atoms with van der Waals surface area (Å²) in [5, 5.41) is 11.4. The van der Waals surface area contributed by atoms with E-state index in [9.17, 15) is 18.0 Å². The number of nitrogens with zero attached hydrogens (tertiary/aromatic N) is 1. The van der Waals surface area contributed by atoms with Crippen LogP contribution < -0.4 is 5.32 Å². The lowest BCUT2D eigenvalue weighted by molar-refractivity contribution is -0.141. The van der Waals surface area contributed by atoms with Gasteiger partial charge in [-0.25, -0.2) is 13.2 Å². The number of sulfonamides is 1. The minimum atomic E-state index is -3.49. The number of carboxylic acid groups (broad SMARTS) is 1. The lowest BCUT2D eigenvalue weighted by Gasteiger charge is -2.25. The molecule has 1 amide bonds. The fraction of sp³-hybridized carbons (Fsp3) is 0.529. The maximum atomic E-state index is 12.6. The van der Waals surface area contributed by atoms with Crippen molar-refractivity contribution in [3.8, 4) is 0 Å². The van der Waals surface area contributed by atoms with Gasteiger partial charge >= 0.3 is 5.97 Å². The Balaban J connectivity index is 2.02. The Bertz CT molecular complexity index is 709. The lowest BCUT2D eigenvalue weighted by atomic mass is 10.1. The van der Waals surface area contributed by atoms with Crippen molar-refractivity contribution < 1.29 is 23.1 Å². The van der Waals surface area contributed by atoms with Crippen LogP contribution in [0.4, 0.5) is 0 Å². The molecule has 7 nitrogen and oxygen atoms in total. The zero-order valence-corrected chi connectivity index (χ0v) is 15.1. The number of carbonyl (C=O) groups is 2. The second-order valence-corrected chi connectivity index (χ2v) is 8.09. The molecule has 1 aromatic carbocycles. The molecule has 0 bridgehead atoms. The predicted octanol–water partition coefficient (Wildman–Crippen LogP) is 1.38. The van der Waals surface area contributed by atoms with E-state index in [0.717, 1.165) is 19.3 Å². The van der Waals surface area contributed by atoms with Crippen LogP contribution in [0.2, 0.25) is 0 Å². The van der Waals surface area contributed by atoms with Crippen LogP contribution in [0.1, 0.15) is 38.2 Å². The van der Waals surface area contributed by atoms with Gasteiger partial charge in [0.25, 0.3) is 0 Å². The molecule has 1 atom stereocenters. The van der Waals surface area contributed by atoms with Crippen LogP contribution in [-0.4, -0.2) is 48.8 Å². The van der Waals surface area contributed by atoms with Crippen LogP contribution in [0.15, 0.2) is 29.2 Å². The van der Waals surface area contributed by atoms with E-state index in [1.165, 1.54) is 16.4 Å². The summed E-state index contributed by atoms with van der Waals surface area (Å²) < 4.78 is 26.6. The van der Waals surface area contributed by atoms with Crippen molar-refractivity contribution >= 4 is 21.9 Å². The van der Waals surface area contributed by atoms with Crippen LogP contribution in [-0.2, 0) is 26.0 Å². The van der Waals surface area contributed by atoms with Crippen LogP contribution in [0, 0.1) is 0 Å². The zero-order valence-electron chi connectivity index (χ0n) is 14.3. The minimum Gasteiger partial charge on any atom is -0.480 e. The molecule has 0 aliphatic carbocycles. The molecule has 1 unspecified atom stereocenters. The van der Waals surface area contributed by atoms with Gasteiger partial charge in [-0.3, -0.25) is 4.79 Å². The number of rotatable bonds is 7. The van der Waals surface area contributed by atoms with E-state index >= 15 is 0 Å². The van der Waals surface area contributed by atoms with E-state index in [0.29, 0.717) is 25.1 Å². The van der Waals surface area contributed by atoms with Gasteiger partial charge in [0.05, 0.1) is 11.3 Å².